The molecule has 21 heavy (non-hydrogen) atoms. The van der Waals surface area contributed by atoms with Gasteiger partial charge in [0.05, 0.1) is 12.2 Å². The van der Waals surface area contributed by atoms with Crippen molar-refractivity contribution in [2.45, 2.75) is 56.5 Å². The third-order valence-corrected chi connectivity index (χ3v) is 5.32. The lowest BCUT2D eigenvalue weighted by molar-refractivity contribution is 0.328. The van der Waals surface area contributed by atoms with E-state index in [9.17, 15) is 8.42 Å². The number of nitrogens with zero attached hydrogens (tertiary/aromatic N) is 1. The Morgan fingerprint density at radius 1 is 1.52 bits per heavy atom. The largest absolute Gasteiger partial charge is 0.386 e. The molecular formula is C13H23N5O2S. The van der Waals surface area contributed by atoms with Gasteiger partial charge in [-0.25, -0.2) is 13.4 Å². The summed E-state index contributed by atoms with van der Waals surface area (Å²) >= 11 is 0. The summed E-state index contributed by atoms with van der Waals surface area (Å²) in [6, 6.07) is -0.635. The van der Waals surface area contributed by atoms with Crippen molar-refractivity contribution in [1.29, 1.82) is 5.41 Å². The molecule has 0 bridgehead atoms. The van der Waals surface area contributed by atoms with E-state index in [1.807, 2.05) is 6.92 Å². The van der Waals surface area contributed by atoms with Crippen LogP contribution in [0.15, 0.2) is 11.2 Å². The Hall–Kier alpha value is -1.41. The molecule has 0 saturated heterocycles. The second kappa shape index (κ2) is 6.57. The molecule has 1 fully saturated rings. The second-order valence-electron chi connectivity index (χ2n) is 5.50. The van der Waals surface area contributed by atoms with Gasteiger partial charge in [-0.1, -0.05) is 26.2 Å². The van der Waals surface area contributed by atoms with Gasteiger partial charge in [0.25, 0.3) is 10.0 Å². The van der Waals surface area contributed by atoms with Gasteiger partial charge in [0.15, 0.2) is 5.03 Å². The minimum Gasteiger partial charge on any atom is -0.386 e. The quantitative estimate of drug-likeness (QED) is 0.464. The number of amidine groups is 1. The van der Waals surface area contributed by atoms with Crippen LogP contribution < -0.4 is 10.5 Å². The SMILES string of the molecule is CCc1ncc(S(=O)(=O)NC(C(=N)N)C2CCCCC2)[nH]1. The molecular weight excluding hydrogens is 290 g/mol. The molecule has 0 aliphatic heterocycles. The molecule has 0 radical (unpaired) electrons. The van der Waals surface area contributed by atoms with Crippen LogP contribution in [0.3, 0.4) is 0 Å². The van der Waals surface area contributed by atoms with Crippen LogP contribution >= 0.6 is 0 Å². The maximum absolute atomic E-state index is 12.4. The molecule has 8 heteroatoms. The lowest BCUT2D eigenvalue weighted by atomic mass is 9.84. The highest BCUT2D eigenvalue weighted by Crippen LogP contribution is 2.27. The van der Waals surface area contributed by atoms with Gasteiger partial charge in [-0.3, -0.25) is 5.41 Å². The highest BCUT2D eigenvalue weighted by atomic mass is 32.2. The molecule has 118 valence electrons. The van der Waals surface area contributed by atoms with Gasteiger partial charge in [-0.15, -0.1) is 0 Å². The Morgan fingerprint density at radius 3 is 2.71 bits per heavy atom. The maximum atomic E-state index is 12.4. The van der Waals surface area contributed by atoms with Crippen molar-refractivity contribution in [3.8, 4) is 0 Å². The molecule has 1 unspecified atom stereocenters. The fourth-order valence-corrected chi connectivity index (χ4v) is 4.00. The van der Waals surface area contributed by atoms with E-state index in [4.69, 9.17) is 11.1 Å². The molecule has 1 aliphatic rings. The van der Waals surface area contributed by atoms with Crippen molar-refractivity contribution in [2.75, 3.05) is 0 Å². The van der Waals surface area contributed by atoms with Crippen LogP contribution in [-0.4, -0.2) is 30.3 Å². The number of sulfonamides is 1. The first kappa shape index (κ1) is 16.0. The van der Waals surface area contributed by atoms with Crippen molar-refractivity contribution >= 4 is 15.9 Å². The van der Waals surface area contributed by atoms with E-state index in [0.717, 1.165) is 32.1 Å². The second-order valence-corrected chi connectivity index (χ2v) is 7.18. The summed E-state index contributed by atoms with van der Waals surface area (Å²) in [7, 11) is -3.73. The summed E-state index contributed by atoms with van der Waals surface area (Å²) in [4.78, 5) is 6.78. The van der Waals surface area contributed by atoms with Gasteiger partial charge in [-0.05, 0) is 18.8 Å². The fraction of sp³-hybridized carbons (Fsp3) is 0.692. The first-order valence-corrected chi connectivity index (χ1v) is 8.82. The molecule has 0 aromatic carbocycles. The summed E-state index contributed by atoms with van der Waals surface area (Å²) in [5.74, 6) is 0.590. The zero-order chi connectivity index (χ0) is 15.5. The summed E-state index contributed by atoms with van der Waals surface area (Å²) in [5, 5.41) is 7.73. The van der Waals surface area contributed by atoms with Crippen molar-refractivity contribution in [2.24, 2.45) is 11.7 Å². The summed E-state index contributed by atoms with van der Waals surface area (Å²) in [6.45, 7) is 1.89. The zero-order valence-electron chi connectivity index (χ0n) is 12.2. The van der Waals surface area contributed by atoms with E-state index in [-0.39, 0.29) is 16.8 Å². The minimum absolute atomic E-state index is 0.0291. The van der Waals surface area contributed by atoms with Crippen LogP contribution in [0.4, 0.5) is 0 Å². The zero-order valence-corrected chi connectivity index (χ0v) is 13.0. The molecule has 7 nitrogen and oxygen atoms in total. The number of imidazole rings is 1. The van der Waals surface area contributed by atoms with E-state index in [0.29, 0.717) is 12.2 Å². The molecule has 2 rings (SSSR count). The monoisotopic (exact) mass is 313 g/mol. The van der Waals surface area contributed by atoms with Crippen molar-refractivity contribution in [3.05, 3.63) is 12.0 Å². The average molecular weight is 313 g/mol. The number of H-pyrrole nitrogens is 1. The maximum Gasteiger partial charge on any atom is 0.258 e. The van der Waals surface area contributed by atoms with Crippen LogP contribution in [0.25, 0.3) is 0 Å². The topological polar surface area (TPSA) is 125 Å². The van der Waals surface area contributed by atoms with E-state index < -0.39 is 16.1 Å². The lowest BCUT2D eigenvalue weighted by Crippen LogP contribution is -2.49. The molecule has 0 amide bonds. The van der Waals surface area contributed by atoms with E-state index in [1.54, 1.807) is 0 Å². The Kier molecular flexibility index (Phi) is 5.00. The summed E-state index contributed by atoms with van der Waals surface area (Å²) < 4.78 is 27.3. The highest BCUT2D eigenvalue weighted by Gasteiger charge is 2.31. The third-order valence-electron chi connectivity index (χ3n) is 3.97. The molecule has 0 spiro atoms. The van der Waals surface area contributed by atoms with Crippen molar-refractivity contribution in [3.63, 3.8) is 0 Å². The Labute approximate surface area is 125 Å². The number of nitrogens with one attached hydrogen (secondary N) is 3. The van der Waals surface area contributed by atoms with E-state index in [2.05, 4.69) is 14.7 Å². The Bertz CT molecular complexity index is 589. The van der Waals surface area contributed by atoms with Crippen LogP contribution in [0.5, 0.6) is 0 Å². The number of nitrogens with two attached hydrogens (primary N) is 1. The van der Waals surface area contributed by atoms with Gasteiger partial charge >= 0.3 is 0 Å². The predicted octanol–water partition coefficient (Wildman–Crippen LogP) is 1.14. The minimum atomic E-state index is -3.73. The normalized spacial score (nSPS) is 18.5. The fourth-order valence-electron chi connectivity index (χ4n) is 2.77. The molecule has 1 atom stereocenters. The number of aromatic nitrogens is 2. The van der Waals surface area contributed by atoms with Crippen LogP contribution in [0.2, 0.25) is 0 Å². The van der Waals surface area contributed by atoms with Gasteiger partial charge in [0.1, 0.15) is 11.7 Å². The Balaban J connectivity index is 2.16. The molecule has 1 saturated carbocycles. The van der Waals surface area contributed by atoms with Crippen molar-refractivity contribution in [1.82, 2.24) is 14.7 Å². The predicted molar refractivity (Wildman–Crippen MR) is 80.6 cm³/mol. The van der Waals surface area contributed by atoms with Crippen LogP contribution in [-0.2, 0) is 16.4 Å². The number of aromatic amines is 1. The third kappa shape index (κ3) is 3.82. The van der Waals surface area contributed by atoms with E-state index >= 15 is 0 Å². The molecule has 5 N–H and O–H groups in total. The standard InChI is InChI=1S/C13H23N5O2S/c1-2-10-16-8-11(17-10)21(19,20)18-12(13(14)15)9-6-4-3-5-7-9/h8-9,12,18H,2-7H2,1H3,(H3,14,15)(H,16,17). The van der Waals surface area contributed by atoms with Gasteiger partial charge in [0.2, 0.25) is 0 Å². The van der Waals surface area contributed by atoms with Crippen LogP contribution in [0, 0.1) is 11.3 Å². The van der Waals surface area contributed by atoms with E-state index in [1.165, 1.54) is 6.20 Å². The van der Waals surface area contributed by atoms with Gasteiger partial charge < -0.3 is 10.7 Å². The molecule has 1 aromatic rings. The van der Waals surface area contributed by atoms with Gasteiger partial charge in [-0.2, -0.15) is 4.72 Å². The molecule has 1 heterocycles. The smallest absolute Gasteiger partial charge is 0.258 e. The first-order valence-electron chi connectivity index (χ1n) is 7.34. The molecule has 1 aromatic heterocycles. The molecule has 1 aliphatic carbocycles. The number of hydrogen-bond donors (Lipinski definition) is 4. The van der Waals surface area contributed by atoms with Crippen LogP contribution in [0.1, 0.15) is 44.9 Å². The Morgan fingerprint density at radius 2 is 2.19 bits per heavy atom. The number of hydrogen-bond acceptors (Lipinski definition) is 4. The number of rotatable bonds is 6. The first-order chi connectivity index (χ1) is 9.94. The number of aryl methyl sites for hydroxylation is 1. The van der Waals surface area contributed by atoms with Crippen molar-refractivity contribution < 1.29 is 8.42 Å². The summed E-state index contributed by atoms with van der Waals surface area (Å²) in [6.07, 6.45) is 7.01. The van der Waals surface area contributed by atoms with Gasteiger partial charge in [0, 0.05) is 6.42 Å². The summed E-state index contributed by atoms with van der Waals surface area (Å²) in [5.41, 5.74) is 5.61. The highest BCUT2D eigenvalue weighted by molar-refractivity contribution is 7.89. The lowest BCUT2D eigenvalue weighted by Gasteiger charge is -2.29. The average Bonchev–Trinajstić information content (AvgIpc) is 2.95.